The van der Waals surface area contributed by atoms with Gasteiger partial charge in [-0.25, -0.2) is 0 Å². The average Bonchev–Trinajstić information content (AvgIpc) is 2.27. The van der Waals surface area contributed by atoms with Crippen LogP contribution in [0.15, 0.2) is 29.4 Å². The van der Waals surface area contributed by atoms with Gasteiger partial charge in [0.05, 0.1) is 11.8 Å². The molecule has 0 radical (unpaired) electrons. The van der Waals surface area contributed by atoms with E-state index in [1.165, 1.54) is 18.2 Å². The lowest BCUT2D eigenvalue weighted by atomic mass is 10.1. The fraction of sp³-hybridized carbons (Fsp3) is 0.333. The monoisotopic (exact) mass is 289 g/mol. The van der Waals surface area contributed by atoms with E-state index in [2.05, 4.69) is 15.8 Å². The molecule has 1 aromatic carbocycles. The molecule has 2 N–H and O–H groups in total. The van der Waals surface area contributed by atoms with E-state index in [0.29, 0.717) is 0 Å². The highest BCUT2D eigenvalue weighted by Gasteiger charge is 2.32. The summed E-state index contributed by atoms with van der Waals surface area (Å²) in [5.41, 5.74) is 1.71. The zero-order chi connectivity index (χ0) is 14.5. The molecule has 0 heterocycles. The highest BCUT2D eigenvalue weighted by molar-refractivity contribution is 7.80. The number of halogens is 3. The van der Waals surface area contributed by atoms with Crippen LogP contribution in [0.3, 0.4) is 0 Å². The predicted octanol–water partition coefficient (Wildman–Crippen LogP) is 2.91. The molecule has 104 valence electrons. The molecule has 1 aromatic rings. The molecular formula is C12H14F3N3S. The Labute approximate surface area is 114 Å². The summed E-state index contributed by atoms with van der Waals surface area (Å²) >= 11 is 4.89. The van der Waals surface area contributed by atoms with E-state index in [1.807, 2.05) is 13.8 Å². The topological polar surface area (TPSA) is 36.4 Å². The SMILES string of the molecule is CC(C)NC(=S)N/N=C\c1ccccc1C(F)(F)F. The Bertz CT molecular complexity index is 470. The van der Waals surface area contributed by atoms with Crippen LogP contribution in [0.25, 0.3) is 0 Å². The van der Waals surface area contributed by atoms with Gasteiger partial charge in [-0.3, -0.25) is 5.43 Å². The first-order valence-corrected chi connectivity index (χ1v) is 5.97. The zero-order valence-corrected chi connectivity index (χ0v) is 11.3. The standard InChI is InChI=1S/C12H14F3N3S/c1-8(2)17-11(19)18-16-7-9-5-3-4-6-10(9)12(13,14)15/h3-8H,1-2H3,(H2,17,18,19)/b16-7-. The van der Waals surface area contributed by atoms with Crippen LogP contribution in [0.5, 0.6) is 0 Å². The Morgan fingerprint density at radius 3 is 2.53 bits per heavy atom. The lowest BCUT2D eigenvalue weighted by Crippen LogP contribution is -2.36. The van der Waals surface area contributed by atoms with Crippen molar-refractivity contribution >= 4 is 23.5 Å². The molecule has 19 heavy (non-hydrogen) atoms. The van der Waals surface area contributed by atoms with Gasteiger partial charge >= 0.3 is 6.18 Å². The summed E-state index contributed by atoms with van der Waals surface area (Å²) < 4.78 is 38.1. The van der Waals surface area contributed by atoms with E-state index in [-0.39, 0.29) is 16.7 Å². The molecular weight excluding hydrogens is 275 g/mol. The first-order chi connectivity index (χ1) is 8.80. The van der Waals surface area contributed by atoms with Crippen LogP contribution >= 0.6 is 12.2 Å². The summed E-state index contributed by atoms with van der Waals surface area (Å²) in [6, 6.07) is 5.32. The molecule has 0 atom stereocenters. The number of rotatable bonds is 3. The smallest absolute Gasteiger partial charge is 0.359 e. The fourth-order valence-corrected chi connectivity index (χ4v) is 1.61. The van der Waals surface area contributed by atoms with Gasteiger partial charge in [0, 0.05) is 11.6 Å². The van der Waals surface area contributed by atoms with E-state index >= 15 is 0 Å². The minimum Gasteiger partial charge on any atom is -0.359 e. The van der Waals surface area contributed by atoms with E-state index in [1.54, 1.807) is 0 Å². The molecule has 7 heteroatoms. The molecule has 0 aliphatic rings. The molecule has 0 saturated heterocycles. The van der Waals surface area contributed by atoms with Crippen molar-refractivity contribution < 1.29 is 13.2 Å². The first kappa shape index (κ1) is 15.4. The van der Waals surface area contributed by atoms with Gasteiger partial charge in [0.25, 0.3) is 0 Å². The third kappa shape index (κ3) is 5.25. The fourth-order valence-electron chi connectivity index (χ4n) is 1.32. The molecule has 0 fully saturated rings. The third-order valence-corrected chi connectivity index (χ3v) is 2.26. The summed E-state index contributed by atoms with van der Waals surface area (Å²) in [6.45, 7) is 3.77. The van der Waals surface area contributed by atoms with Crippen molar-refractivity contribution in [2.45, 2.75) is 26.1 Å². The van der Waals surface area contributed by atoms with E-state index in [4.69, 9.17) is 12.2 Å². The molecule has 0 unspecified atom stereocenters. The van der Waals surface area contributed by atoms with Gasteiger partial charge in [0.2, 0.25) is 0 Å². The van der Waals surface area contributed by atoms with Crippen molar-refractivity contribution in [2.24, 2.45) is 5.10 Å². The van der Waals surface area contributed by atoms with Crippen molar-refractivity contribution in [3.8, 4) is 0 Å². The Morgan fingerprint density at radius 2 is 1.95 bits per heavy atom. The van der Waals surface area contributed by atoms with Crippen LogP contribution in [0, 0.1) is 0 Å². The third-order valence-electron chi connectivity index (χ3n) is 2.06. The van der Waals surface area contributed by atoms with Crippen molar-refractivity contribution in [1.82, 2.24) is 10.7 Å². The van der Waals surface area contributed by atoms with Crippen LogP contribution in [-0.2, 0) is 6.18 Å². The zero-order valence-electron chi connectivity index (χ0n) is 10.5. The normalized spacial score (nSPS) is 11.9. The maximum absolute atomic E-state index is 12.7. The van der Waals surface area contributed by atoms with E-state index in [0.717, 1.165) is 12.3 Å². The Kier molecular flexibility index (Phi) is 5.29. The maximum atomic E-state index is 12.7. The van der Waals surface area contributed by atoms with Crippen LogP contribution < -0.4 is 10.7 Å². The summed E-state index contributed by atoms with van der Waals surface area (Å²) in [4.78, 5) is 0. The maximum Gasteiger partial charge on any atom is 0.417 e. The molecule has 1 rings (SSSR count). The minimum atomic E-state index is -4.40. The van der Waals surface area contributed by atoms with Crippen LogP contribution in [-0.4, -0.2) is 17.4 Å². The second kappa shape index (κ2) is 6.51. The lowest BCUT2D eigenvalue weighted by Gasteiger charge is -2.11. The van der Waals surface area contributed by atoms with Gasteiger partial charge in [0.15, 0.2) is 5.11 Å². The summed E-state index contributed by atoms with van der Waals surface area (Å²) in [6.07, 6.45) is -3.31. The summed E-state index contributed by atoms with van der Waals surface area (Å²) in [5, 5.41) is 6.81. The van der Waals surface area contributed by atoms with Gasteiger partial charge in [-0.2, -0.15) is 18.3 Å². The lowest BCUT2D eigenvalue weighted by molar-refractivity contribution is -0.137. The van der Waals surface area contributed by atoms with Gasteiger partial charge in [0.1, 0.15) is 0 Å². The van der Waals surface area contributed by atoms with Gasteiger partial charge in [-0.15, -0.1) is 0 Å². The number of hydrazone groups is 1. The molecule has 0 aromatic heterocycles. The minimum absolute atomic E-state index is 0.0187. The molecule has 0 aliphatic heterocycles. The number of hydrogen-bond donors (Lipinski definition) is 2. The van der Waals surface area contributed by atoms with Crippen molar-refractivity contribution in [2.75, 3.05) is 0 Å². The molecule has 0 spiro atoms. The first-order valence-electron chi connectivity index (χ1n) is 5.56. The summed E-state index contributed by atoms with van der Waals surface area (Å²) in [5.74, 6) is 0. The number of nitrogens with one attached hydrogen (secondary N) is 2. The van der Waals surface area contributed by atoms with Gasteiger partial charge in [-0.1, -0.05) is 18.2 Å². The molecule has 0 saturated carbocycles. The highest BCUT2D eigenvalue weighted by Crippen LogP contribution is 2.30. The summed E-state index contributed by atoms with van der Waals surface area (Å²) in [7, 11) is 0. The van der Waals surface area contributed by atoms with E-state index < -0.39 is 11.7 Å². The Hall–Kier alpha value is -1.63. The number of benzene rings is 1. The van der Waals surface area contributed by atoms with Crippen LogP contribution in [0.1, 0.15) is 25.0 Å². The highest BCUT2D eigenvalue weighted by atomic mass is 32.1. The van der Waals surface area contributed by atoms with Crippen molar-refractivity contribution in [3.63, 3.8) is 0 Å². The molecule has 0 aliphatic carbocycles. The Balaban J connectivity index is 2.75. The van der Waals surface area contributed by atoms with Gasteiger partial charge < -0.3 is 5.32 Å². The molecule has 0 amide bonds. The predicted molar refractivity (Wildman–Crippen MR) is 73.0 cm³/mol. The quantitative estimate of drug-likeness (QED) is 0.510. The number of nitrogens with zero attached hydrogens (tertiary/aromatic N) is 1. The number of thiocarbonyl (C=S) groups is 1. The van der Waals surface area contributed by atoms with Gasteiger partial charge in [-0.05, 0) is 32.1 Å². The second-order valence-electron chi connectivity index (χ2n) is 4.08. The Morgan fingerprint density at radius 1 is 1.32 bits per heavy atom. The van der Waals surface area contributed by atoms with Crippen LogP contribution in [0.4, 0.5) is 13.2 Å². The number of alkyl halides is 3. The molecule has 3 nitrogen and oxygen atoms in total. The van der Waals surface area contributed by atoms with Crippen molar-refractivity contribution in [1.29, 1.82) is 0 Å². The van der Waals surface area contributed by atoms with Crippen LogP contribution in [0.2, 0.25) is 0 Å². The average molecular weight is 289 g/mol. The molecule has 0 bridgehead atoms. The van der Waals surface area contributed by atoms with Crippen molar-refractivity contribution in [3.05, 3.63) is 35.4 Å². The second-order valence-corrected chi connectivity index (χ2v) is 4.49. The largest absolute Gasteiger partial charge is 0.417 e. The van der Waals surface area contributed by atoms with E-state index in [9.17, 15) is 13.2 Å². The number of hydrogen-bond acceptors (Lipinski definition) is 2.